The summed E-state index contributed by atoms with van der Waals surface area (Å²) in [7, 11) is 0. The van der Waals surface area contributed by atoms with Crippen LogP contribution in [0.2, 0.25) is 0 Å². The highest BCUT2D eigenvalue weighted by atomic mass is 32.1. The van der Waals surface area contributed by atoms with Crippen LogP contribution in [0, 0.1) is 0 Å². The molecular formula is C31H44N4O4S. The van der Waals surface area contributed by atoms with Crippen molar-refractivity contribution in [3.63, 3.8) is 0 Å². The Morgan fingerprint density at radius 3 is 1.90 bits per heavy atom. The van der Waals surface area contributed by atoms with Crippen LogP contribution in [0.4, 0.5) is 5.82 Å². The van der Waals surface area contributed by atoms with Gasteiger partial charge in [-0.3, -0.25) is 14.2 Å². The van der Waals surface area contributed by atoms with Gasteiger partial charge in [0.05, 0.1) is 0 Å². The van der Waals surface area contributed by atoms with Gasteiger partial charge in [0, 0.05) is 18.4 Å². The second-order valence-electron chi connectivity index (χ2n) is 8.90. The fourth-order valence-electron chi connectivity index (χ4n) is 3.26. The van der Waals surface area contributed by atoms with Gasteiger partial charge in [-0.05, 0) is 57.9 Å². The van der Waals surface area contributed by atoms with Gasteiger partial charge in [0.1, 0.15) is 18.1 Å². The van der Waals surface area contributed by atoms with Crippen LogP contribution in [0.15, 0.2) is 90.0 Å². The van der Waals surface area contributed by atoms with E-state index in [4.69, 9.17) is 0 Å². The molecule has 0 bridgehead atoms. The number of nitrogens with one attached hydrogen (secondary N) is 2. The van der Waals surface area contributed by atoms with Crippen LogP contribution in [-0.4, -0.2) is 38.3 Å². The smallest absolute Gasteiger partial charge is 0.351 e. The average molecular weight is 569 g/mol. The molecule has 3 N–H and O–H groups in total. The summed E-state index contributed by atoms with van der Waals surface area (Å²) in [5, 5.41) is 14.8. The summed E-state index contributed by atoms with van der Waals surface area (Å²) in [6, 6.07) is 0.591. The Kier molecular flexibility index (Phi) is 19.4. The molecule has 0 saturated carbocycles. The van der Waals surface area contributed by atoms with Crippen LogP contribution in [0.5, 0.6) is 0 Å². The van der Waals surface area contributed by atoms with Crippen LogP contribution in [0.25, 0.3) is 0 Å². The van der Waals surface area contributed by atoms with Crippen LogP contribution >= 0.6 is 12.6 Å². The van der Waals surface area contributed by atoms with Crippen molar-refractivity contribution < 1.29 is 14.7 Å². The zero-order valence-electron chi connectivity index (χ0n) is 23.6. The molecule has 0 radical (unpaired) electrons. The summed E-state index contributed by atoms with van der Waals surface area (Å²) in [6.07, 6.45) is 32.3. The van der Waals surface area contributed by atoms with E-state index in [1.807, 2.05) is 12.2 Å². The van der Waals surface area contributed by atoms with Crippen molar-refractivity contribution in [1.82, 2.24) is 14.9 Å². The first kappa shape index (κ1) is 34.6. The van der Waals surface area contributed by atoms with Crippen molar-refractivity contribution >= 4 is 30.3 Å². The van der Waals surface area contributed by atoms with E-state index in [2.05, 4.69) is 95.9 Å². The van der Waals surface area contributed by atoms with Gasteiger partial charge in [-0.2, -0.15) is 17.6 Å². The monoisotopic (exact) mass is 568 g/mol. The highest BCUT2D eigenvalue weighted by Crippen LogP contribution is 2.05. The molecule has 0 aliphatic carbocycles. The molecular weight excluding hydrogens is 524 g/mol. The molecule has 1 unspecified atom stereocenters. The lowest BCUT2D eigenvalue weighted by Crippen LogP contribution is -2.42. The number of carbonyl (C=O) groups excluding carboxylic acids is 2. The maximum Gasteiger partial charge on any atom is 0.351 e. The van der Waals surface area contributed by atoms with Crippen LogP contribution in [0.3, 0.4) is 0 Å². The molecule has 1 aromatic heterocycles. The lowest BCUT2D eigenvalue weighted by atomic mass is 10.2. The van der Waals surface area contributed by atoms with E-state index in [0.717, 1.165) is 43.1 Å². The van der Waals surface area contributed by atoms with E-state index in [1.54, 1.807) is 6.92 Å². The molecule has 218 valence electrons. The molecule has 0 aliphatic heterocycles. The van der Waals surface area contributed by atoms with Gasteiger partial charge in [0.25, 0.3) is 0 Å². The first-order valence-electron chi connectivity index (χ1n) is 13.8. The third-order valence-electron chi connectivity index (χ3n) is 5.47. The topological polar surface area (TPSA) is 113 Å². The van der Waals surface area contributed by atoms with E-state index in [-0.39, 0.29) is 23.9 Å². The number of aromatic nitrogens is 2. The standard InChI is InChI=1S/C31H44N4O4S/c1-3-4-5-6-7-8-9-10-11-12-13-14-15-16-17-18-19-20-21-22-28(36)32-26(2)30(38)33-27-23-24-35(29(37)25-40)31(39)34-27/h4-5,7-8,10-11,13-14,16-17,19-20,23-24,26,29,37,40H,3,6,9,12,15,18,21-22,25H2,1-2H3,(H,32,36)(H,33,34,38,39)/b5-4-,8-7-,11-10-,14-13-,17-16-,20-19-/t26-,29?/m0/s1. The highest BCUT2D eigenvalue weighted by Gasteiger charge is 2.16. The Hall–Kier alpha value is -3.43. The minimum atomic E-state index is -1.10. The molecule has 0 aromatic carbocycles. The van der Waals surface area contributed by atoms with Gasteiger partial charge in [0.2, 0.25) is 11.8 Å². The van der Waals surface area contributed by atoms with Gasteiger partial charge in [-0.25, -0.2) is 4.79 Å². The zero-order valence-corrected chi connectivity index (χ0v) is 24.5. The van der Waals surface area contributed by atoms with Crippen LogP contribution in [0.1, 0.15) is 71.4 Å². The number of hydrogen-bond donors (Lipinski definition) is 4. The van der Waals surface area contributed by atoms with Crippen LogP contribution in [-0.2, 0) is 9.59 Å². The van der Waals surface area contributed by atoms with E-state index in [9.17, 15) is 19.5 Å². The number of carbonyl (C=O) groups is 2. The SMILES string of the molecule is CC/C=C\C/C=C\C/C=C\C/C=C\C/C=C\C/C=C\CCC(=O)N[C@@H](C)C(=O)Nc1ccn(C(O)CS)c(=O)n1. The third kappa shape index (κ3) is 16.5. The fourth-order valence-corrected chi connectivity index (χ4v) is 3.44. The maximum absolute atomic E-state index is 12.3. The summed E-state index contributed by atoms with van der Waals surface area (Å²) < 4.78 is 1.00. The van der Waals surface area contributed by atoms with Crippen molar-refractivity contribution in [3.8, 4) is 0 Å². The Morgan fingerprint density at radius 1 is 0.925 bits per heavy atom. The van der Waals surface area contributed by atoms with Gasteiger partial charge in [-0.1, -0.05) is 79.8 Å². The highest BCUT2D eigenvalue weighted by molar-refractivity contribution is 7.80. The second kappa shape index (κ2) is 22.4. The van der Waals surface area contributed by atoms with E-state index in [1.165, 1.54) is 12.3 Å². The molecule has 40 heavy (non-hydrogen) atoms. The van der Waals surface area contributed by atoms with Crippen molar-refractivity contribution in [1.29, 1.82) is 0 Å². The second-order valence-corrected chi connectivity index (χ2v) is 9.26. The van der Waals surface area contributed by atoms with E-state index >= 15 is 0 Å². The number of allylic oxidation sites excluding steroid dienone is 12. The first-order valence-corrected chi connectivity index (χ1v) is 14.4. The van der Waals surface area contributed by atoms with Crippen molar-refractivity contribution in [2.75, 3.05) is 11.1 Å². The summed E-state index contributed by atoms with van der Waals surface area (Å²) in [4.78, 5) is 40.1. The fraction of sp³-hybridized carbons (Fsp3) is 0.419. The summed E-state index contributed by atoms with van der Waals surface area (Å²) >= 11 is 3.93. The van der Waals surface area contributed by atoms with Gasteiger partial charge >= 0.3 is 5.69 Å². The number of thiol groups is 1. The first-order chi connectivity index (χ1) is 19.4. The largest absolute Gasteiger partial charge is 0.372 e. The number of aliphatic hydroxyl groups excluding tert-OH is 1. The Morgan fingerprint density at radius 2 is 1.43 bits per heavy atom. The Bertz CT molecular complexity index is 1120. The molecule has 1 heterocycles. The molecule has 0 saturated heterocycles. The molecule has 1 rings (SSSR count). The summed E-state index contributed by atoms with van der Waals surface area (Å²) in [5.41, 5.74) is -0.715. The normalized spacial score (nSPS) is 13.9. The Balaban J connectivity index is 2.18. The van der Waals surface area contributed by atoms with Crippen molar-refractivity contribution in [2.45, 2.75) is 77.5 Å². The molecule has 0 fully saturated rings. The molecule has 0 aliphatic rings. The quantitative estimate of drug-likeness (QED) is 0.128. The summed E-state index contributed by atoms with van der Waals surface area (Å²) in [6.45, 7) is 3.69. The van der Waals surface area contributed by atoms with E-state index < -0.39 is 23.9 Å². The van der Waals surface area contributed by atoms with Gasteiger partial charge in [0.15, 0.2) is 0 Å². The number of rotatable bonds is 19. The zero-order chi connectivity index (χ0) is 29.4. The molecule has 9 heteroatoms. The predicted molar refractivity (Wildman–Crippen MR) is 167 cm³/mol. The number of amides is 2. The molecule has 0 spiro atoms. The maximum atomic E-state index is 12.3. The third-order valence-corrected chi connectivity index (χ3v) is 5.80. The molecule has 1 aromatic rings. The average Bonchev–Trinajstić information content (AvgIpc) is 2.93. The Labute approximate surface area is 243 Å². The molecule has 2 amide bonds. The van der Waals surface area contributed by atoms with Gasteiger partial charge < -0.3 is 15.7 Å². The number of hydrogen-bond acceptors (Lipinski definition) is 6. The molecule has 8 nitrogen and oxygen atoms in total. The number of anilines is 1. The summed E-state index contributed by atoms with van der Waals surface area (Å²) in [5.74, 6) is -0.657. The van der Waals surface area contributed by atoms with E-state index in [0.29, 0.717) is 6.42 Å². The van der Waals surface area contributed by atoms with Crippen LogP contribution < -0.4 is 16.3 Å². The minimum absolute atomic E-state index is 0.0386. The lowest BCUT2D eigenvalue weighted by molar-refractivity contribution is -0.126. The minimum Gasteiger partial charge on any atom is -0.372 e. The van der Waals surface area contributed by atoms with Crippen molar-refractivity contribution in [2.24, 2.45) is 0 Å². The predicted octanol–water partition coefficient (Wildman–Crippen LogP) is 5.59. The number of nitrogens with zero attached hydrogens (tertiary/aromatic N) is 2. The molecule has 2 atom stereocenters. The van der Waals surface area contributed by atoms with Gasteiger partial charge in [-0.15, -0.1) is 0 Å². The lowest BCUT2D eigenvalue weighted by Gasteiger charge is -2.14. The number of aliphatic hydroxyl groups is 1. The van der Waals surface area contributed by atoms with Crippen molar-refractivity contribution in [3.05, 3.63) is 95.7 Å².